The Morgan fingerprint density at radius 3 is 3.00 bits per heavy atom. The van der Waals surface area contributed by atoms with Crippen LogP contribution >= 0.6 is 27.5 Å². The lowest BCUT2D eigenvalue weighted by Crippen LogP contribution is -2.27. The smallest absolute Gasteiger partial charge is 0.242 e. The number of halogens is 2. The van der Waals surface area contributed by atoms with Gasteiger partial charge in [0.2, 0.25) is 5.91 Å². The minimum Gasteiger partial charge on any atom is -0.350 e. The van der Waals surface area contributed by atoms with Crippen LogP contribution in [0.4, 0.5) is 0 Å². The molecule has 2 aromatic rings. The second-order valence-corrected chi connectivity index (χ2v) is 4.93. The molecule has 0 spiro atoms. The van der Waals surface area contributed by atoms with Crippen molar-refractivity contribution in [3.8, 4) is 0 Å². The first-order chi connectivity index (χ1) is 8.65. The molecule has 2 rings (SSSR count). The van der Waals surface area contributed by atoms with Gasteiger partial charge in [0, 0.05) is 16.0 Å². The van der Waals surface area contributed by atoms with E-state index in [1.54, 1.807) is 6.07 Å². The Balaban J connectivity index is 1.89. The summed E-state index contributed by atoms with van der Waals surface area (Å²) in [7, 11) is 0. The molecule has 7 heteroatoms. The van der Waals surface area contributed by atoms with Gasteiger partial charge in [-0.05, 0) is 17.7 Å². The van der Waals surface area contributed by atoms with Crippen LogP contribution in [0.2, 0.25) is 5.02 Å². The number of carbonyl (C=O) groups excluding carboxylic acids is 1. The van der Waals surface area contributed by atoms with E-state index in [0.29, 0.717) is 11.6 Å². The molecule has 0 unspecified atom stereocenters. The van der Waals surface area contributed by atoms with E-state index >= 15 is 0 Å². The van der Waals surface area contributed by atoms with E-state index in [9.17, 15) is 4.79 Å². The van der Waals surface area contributed by atoms with Crippen LogP contribution in [0.15, 0.2) is 35.3 Å². The predicted octanol–water partition coefficient (Wildman–Crippen LogP) is 2.01. The predicted molar refractivity (Wildman–Crippen MR) is 71.0 cm³/mol. The van der Waals surface area contributed by atoms with Crippen molar-refractivity contribution in [2.75, 3.05) is 0 Å². The zero-order valence-electron chi connectivity index (χ0n) is 9.31. The van der Waals surface area contributed by atoms with E-state index in [0.717, 1.165) is 10.0 Å². The SMILES string of the molecule is O=C(Cn1cncn1)NCc1ccc(Br)cc1Cl. The molecule has 0 radical (unpaired) electrons. The highest BCUT2D eigenvalue weighted by molar-refractivity contribution is 9.10. The van der Waals surface area contributed by atoms with Crippen molar-refractivity contribution in [1.29, 1.82) is 0 Å². The van der Waals surface area contributed by atoms with Crippen molar-refractivity contribution in [2.45, 2.75) is 13.1 Å². The fourth-order valence-corrected chi connectivity index (χ4v) is 2.12. The van der Waals surface area contributed by atoms with Crippen molar-refractivity contribution in [3.05, 3.63) is 45.9 Å². The van der Waals surface area contributed by atoms with Gasteiger partial charge < -0.3 is 5.32 Å². The summed E-state index contributed by atoms with van der Waals surface area (Å²) in [6, 6.07) is 5.54. The van der Waals surface area contributed by atoms with Gasteiger partial charge in [0.15, 0.2) is 0 Å². The molecule has 0 atom stereocenters. The van der Waals surface area contributed by atoms with E-state index in [2.05, 4.69) is 31.3 Å². The summed E-state index contributed by atoms with van der Waals surface area (Å²) in [5, 5.41) is 7.24. The van der Waals surface area contributed by atoms with E-state index < -0.39 is 0 Å². The molecule has 1 heterocycles. The fraction of sp³-hybridized carbons (Fsp3) is 0.182. The molecule has 94 valence electrons. The monoisotopic (exact) mass is 328 g/mol. The Morgan fingerprint density at radius 2 is 2.33 bits per heavy atom. The minimum absolute atomic E-state index is 0.139. The van der Waals surface area contributed by atoms with Crippen LogP contribution in [0.5, 0.6) is 0 Å². The summed E-state index contributed by atoms with van der Waals surface area (Å²) in [5.41, 5.74) is 0.867. The van der Waals surface area contributed by atoms with Gasteiger partial charge in [-0.1, -0.05) is 33.6 Å². The van der Waals surface area contributed by atoms with Crippen LogP contribution < -0.4 is 5.32 Å². The normalized spacial score (nSPS) is 10.3. The lowest BCUT2D eigenvalue weighted by atomic mass is 10.2. The molecular weight excluding hydrogens is 320 g/mol. The summed E-state index contributed by atoms with van der Waals surface area (Å²) in [4.78, 5) is 15.4. The number of amides is 1. The molecule has 0 saturated carbocycles. The molecule has 0 aliphatic rings. The highest BCUT2D eigenvalue weighted by Gasteiger charge is 2.05. The third-order valence-corrected chi connectivity index (χ3v) is 3.11. The molecule has 1 aromatic heterocycles. The topological polar surface area (TPSA) is 59.8 Å². The molecule has 0 bridgehead atoms. The summed E-state index contributed by atoms with van der Waals surface area (Å²) in [6.45, 7) is 0.536. The van der Waals surface area contributed by atoms with Crippen molar-refractivity contribution in [1.82, 2.24) is 20.1 Å². The number of hydrogen-bond acceptors (Lipinski definition) is 3. The Labute approximate surface area is 117 Å². The van der Waals surface area contributed by atoms with Gasteiger partial charge in [-0.3, -0.25) is 4.79 Å². The first-order valence-corrected chi connectivity index (χ1v) is 6.35. The summed E-state index contributed by atoms with van der Waals surface area (Å²) in [6.07, 6.45) is 2.88. The highest BCUT2D eigenvalue weighted by atomic mass is 79.9. The molecule has 18 heavy (non-hydrogen) atoms. The number of hydrogen-bond donors (Lipinski definition) is 1. The maximum atomic E-state index is 11.6. The quantitative estimate of drug-likeness (QED) is 0.933. The molecule has 5 nitrogen and oxygen atoms in total. The van der Waals surface area contributed by atoms with Gasteiger partial charge in [-0.2, -0.15) is 5.10 Å². The average molecular weight is 330 g/mol. The van der Waals surface area contributed by atoms with E-state index in [1.165, 1.54) is 17.3 Å². The first-order valence-electron chi connectivity index (χ1n) is 5.18. The van der Waals surface area contributed by atoms with Gasteiger partial charge in [-0.25, -0.2) is 9.67 Å². The van der Waals surface area contributed by atoms with Crippen molar-refractivity contribution < 1.29 is 4.79 Å². The number of benzene rings is 1. The molecule has 1 aromatic carbocycles. The van der Waals surface area contributed by atoms with Gasteiger partial charge in [0.05, 0.1) is 0 Å². The fourth-order valence-electron chi connectivity index (χ4n) is 1.38. The van der Waals surface area contributed by atoms with Crippen LogP contribution in [0.25, 0.3) is 0 Å². The molecule has 0 fully saturated rings. The largest absolute Gasteiger partial charge is 0.350 e. The highest BCUT2D eigenvalue weighted by Crippen LogP contribution is 2.21. The lowest BCUT2D eigenvalue weighted by Gasteiger charge is -2.07. The van der Waals surface area contributed by atoms with Crippen LogP contribution in [0.3, 0.4) is 0 Å². The Kier molecular flexibility index (Phi) is 4.33. The third-order valence-electron chi connectivity index (χ3n) is 2.26. The Morgan fingerprint density at radius 1 is 1.50 bits per heavy atom. The number of aromatic nitrogens is 3. The second-order valence-electron chi connectivity index (χ2n) is 3.61. The molecule has 0 saturated heterocycles. The van der Waals surface area contributed by atoms with Crippen LogP contribution in [-0.2, 0) is 17.9 Å². The van der Waals surface area contributed by atoms with E-state index in [-0.39, 0.29) is 12.5 Å². The van der Waals surface area contributed by atoms with Crippen LogP contribution in [0, 0.1) is 0 Å². The van der Waals surface area contributed by atoms with E-state index in [4.69, 9.17) is 11.6 Å². The van der Waals surface area contributed by atoms with Gasteiger partial charge >= 0.3 is 0 Å². The standard InChI is InChI=1S/C11H10BrClN4O/c12-9-2-1-8(10(13)3-9)4-15-11(18)5-17-7-14-6-16-17/h1-3,6-7H,4-5H2,(H,15,18). The second kappa shape index (κ2) is 5.97. The molecule has 0 aliphatic carbocycles. The van der Waals surface area contributed by atoms with Crippen molar-refractivity contribution >= 4 is 33.4 Å². The number of nitrogens with one attached hydrogen (secondary N) is 1. The van der Waals surface area contributed by atoms with E-state index in [1.807, 2.05) is 12.1 Å². The Bertz CT molecular complexity index is 544. The summed E-state index contributed by atoms with van der Waals surface area (Å²) < 4.78 is 2.36. The van der Waals surface area contributed by atoms with Crippen LogP contribution in [0.1, 0.15) is 5.56 Å². The molecule has 0 aliphatic heterocycles. The zero-order valence-corrected chi connectivity index (χ0v) is 11.6. The van der Waals surface area contributed by atoms with Gasteiger partial charge in [-0.15, -0.1) is 0 Å². The van der Waals surface area contributed by atoms with Crippen LogP contribution in [-0.4, -0.2) is 20.7 Å². The summed E-state index contributed by atoms with van der Waals surface area (Å²) >= 11 is 9.37. The molecule has 1 N–H and O–H groups in total. The van der Waals surface area contributed by atoms with Gasteiger partial charge in [0.25, 0.3) is 0 Å². The molecule has 1 amide bonds. The zero-order chi connectivity index (χ0) is 13.0. The summed E-state index contributed by atoms with van der Waals surface area (Å²) in [5.74, 6) is -0.139. The number of nitrogens with zero attached hydrogens (tertiary/aromatic N) is 3. The maximum Gasteiger partial charge on any atom is 0.242 e. The van der Waals surface area contributed by atoms with Crippen molar-refractivity contribution in [3.63, 3.8) is 0 Å². The third kappa shape index (κ3) is 3.54. The molecular formula is C11H10BrClN4O. The number of carbonyl (C=O) groups is 1. The minimum atomic E-state index is -0.139. The maximum absolute atomic E-state index is 11.6. The first kappa shape index (κ1) is 13.0. The average Bonchev–Trinajstić information content (AvgIpc) is 2.80. The Hall–Kier alpha value is -1.40. The number of rotatable bonds is 4. The van der Waals surface area contributed by atoms with Gasteiger partial charge in [0.1, 0.15) is 19.2 Å². The lowest BCUT2D eigenvalue weighted by molar-refractivity contribution is -0.122. The van der Waals surface area contributed by atoms with Crippen molar-refractivity contribution in [2.24, 2.45) is 0 Å².